The first-order valence-corrected chi connectivity index (χ1v) is 7.29. The lowest BCUT2D eigenvalue weighted by atomic mass is 9.75. The lowest BCUT2D eigenvalue weighted by molar-refractivity contribution is 0.191. The molecule has 2 rings (SSSR count). The van der Waals surface area contributed by atoms with E-state index in [-0.39, 0.29) is 0 Å². The van der Waals surface area contributed by atoms with Gasteiger partial charge in [0.25, 0.3) is 0 Å². The van der Waals surface area contributed by atoms with E-state index in [0.717, 1.165) is 0 Å². The molecule has 1 fully saturated rings. The van der Waals surface area contributed by atoms with Gasteiger partial charge in [0.15, 0.2) is 0 Å². The van der Waals surface area contributed by atoms with Crippen molar-refractivity contribution in [2.24, 2.45) is 5.41 Å². The third kappa shape index (κ3) is 3.08. The Labute approximate surface area is 103 Å². The molecule has 0 aliphatic heterocycles. The van der Waals surface area contributed by atoms with E-state index >= 15 is 0 Å². The highest BCUT2D eigenvalue weighted by atomic mass is 32.1. The van der Waals surface area contributed by atoms with Crippen LogP contribution < -0.4 is 5.32 Å². The Morgan fingerprint density at radius 3 is 2.94 bits per heavy atom. The first-order chi connectivity index (χ1) is 7.57. The molecule has 0 saturated heterocycles. The van der Waals surface area contributed by atoms with Crippen LogP contribution in [0, 0.1) is 5.41 Å². The number of rotatable bonds is 3. The van der Waals surface area contributed by atoms with Crippen LogP contribution in [0.3, 0.4) is 0 Å². The SMILES string of the molecule is CC(NC1CCCC(C)(C)C1)c1ccsc1. The van der Waals surface area contributed by atoms with Crippen molar-refractivity contribution in [1.82, 2.24) is 5.32 Å². The molecule has 2 heteroatoms. The highest BCUT2D eigenvalue weighted by molar-refractivity contribution is 7.07. The van der Waals surface area contributed by atoms with Crippen LogP contribution in [0.5, 0.6) is 0 Å². The summed E-state index contributed by atoms with van der Waals surface area (Å²) in [5.41, 5.74) is 1.97. The van der Waals surface area contributed by atoms with Crippen LogP contribution in [0.1, 0.15) is 58.1 Å². The standard InChI is InChI=1S/C14H23NS/c1-11(12-6-8-16-10-12)15-13-5-4-7-14(2,3)9-13/h6,8,10-11,13,15H,4-5,7,9H2,1-3H3. The molecular weight excluding hydrogens is 214 g/mol. The van der Waals surface area contributed by atoms with Gasteiger partial charge in [-0.25, -0.2) is 0 Å². The van der Waals surface area contributed by atoms with Gasteiger partial charge in [-0.3, -0.25) is 0 Å². The van der Waals surface area contributed by atoms with E-state index in [0.29, 0.717) is 17.5 Å². The van der Waals surface area contributed by atoms with Crippen LogP contribution in [0.15, 0.2) is 16.8 Å². The van der Waals surface area contributed by atoms with E-state index < -0.39 is 0 Å². The minimum absolute atomic E-state index is 0.505. The van der Waals surface area contributed by atoms with Crippen molar-refractivity contribution in [2.75, 3.05) is 0 Å². The van der Waals surface area contributed by atoms with E-state index in [1.807, 2.05) is 0 Å². The maximum atomic E-state index is 3.78. The monoisotopic (exact) mass is 237 g/mol. The van der Waals surface area contributed by atoms with Gasteiger partial charge in [0.1, 0.15) is 0 Å². The molecule has 2 atom stereocenters. The fourth-order valence-electron chi connectivity index (χ4n) is 2.81. The van der Waals surface area contributed by atoms with Crippen LogP contribution in [-0.2, 0) is 0 Å². The molecule has 0 amide bonds. The Bertz CT molecular complexity index is 315. The Balaban J connectivity index is 1.90. The quantitative estimate of drug-likeness (QED) is 0.823. The Morgan fingerprint density at radius 1 is 1.50 bits per heavy atom. The van der Waals surface area contributed by atoms with Crippen molar-refractivity contribution in [3.8, 4) is 0 Å². The zero-order valence-electron chi connectivity index (χ0n) is 10.6. The van der Waals surface area contributed by atoms with E-state index in [1.54, 1.807) is 11.3 Å². The molecule has 90 valence electrons. The Kier molecular flexibility index (Phi) is 3.70. The number of hydrogen-bond donors (Lipinski definition) is 1. The summed E-state index contributed by atoms with van der Waals surface area (Å²) in [5.74, 6) is 0. The molecule has 0 radical (unpaired) electrons. The molecule has 2 unspecified atom stereocenters. The normalized spacial score (nSPS) is 26.6. The van der Waals surface area contributed by atoms with E-state index in [4.69, 9.17) is 0 Å². The zero-order valence-corrected chi connectivity index (χ0v) is 11.4. The third-order valence-corrected chi connectivity index (χ3v) is 4.44. The van der Waals surface area contributed by atoms with Crippen LogP contribution >= 0.6 is 11.3 Å². The number of thiophene rings is 1. The summed E-state index contributed by atoms with van der Waals surface area (Å²) in [7, 11) is 0. The van der Waals surface area contributed by atoms with Gasteiger partial charge < -0.3 is 5.32 Å². The zero-order chi connectivity index (χ0) is 11.6. The van der Waals surface area contributed by atoms with Crippen LogP contribution in [0.25, 0.3) is 0 Å². The first kappa shape index (κ1) is 12.1. The van der Waals surface area contributed by atoms with Crippen LogP contribution in [0.4, 0.5) is 0 Å². The summed E-state index contributed by atoms with van der Waals surface area (Å²) in [4.78, 5) is 0. The largest absolute Gasteiger partial charge is 0.307 e. The molecule has 0 aromatic carbocycles. The van der Waals surface area contributed by atoms with Crippen molar-refractivity contribution in [1.29, 1.82) is 0 Å². The van der Waals surface area contributed by atoms with E-state index in [9.17, 15) is 0 Å². The summed E-state index contributed by atoms with van der Waals surface area (Å²) < 4.78 is 0. The molecule has 0 spiro atoms. The Morgan fingerprint density at radius 2 is 2.31 bits per heavy atom. The first-order valence-electron chi connectivity index (χ1n) is 6.35. The topological polar surface area (TPSA) is 12.0 Å². The van der Waals surface area contributed by atoms with Gasteiger partial charge in [0.05, 0.1) is 0 Å². The van der Waals surface area contributed by atoms with Crippen LogP contribution in [-0.4, -0.2) is 6.04 Å². The average molecular weight is 237 g/mol. The second-order valence-electron chi connectivity index (χ2n) is 5.90. The van der Waals surface area contributed by atoms with Gasteiger partial charge in [-0.05, 0) is 54.0 Å². The minimum atomic E-state index is 0.505. The van der Waals surface area contributed by atoms with Crippen molar-refractivity contribution < 1.29 is 0 Å². The molecule has 1 aliphatic carbocycles. The fraction of sp³-hybridized carbons (Fsp3) is 0.714. The summed E-state index contributed by atoms with van der Waals surface area (Å²) in [5, 5.41) is 8.20. The summed E-state index contributed by atoms with van der Waals surface area (Å²) in [6.45, 7) is 7.08. The molecule has 1 heterocycles. The van der Waals surface area contributed by atoms with Gasteiger partial charge in [-0.15, -0.1) is 0 Å². The number of hydrogen-bond acceptors (Lipinski definition) is 2. The number of nitrogens with one attached hydrogen (secondary N) is 1. The predicted octanol–water partition coefficient (Wildman–Crippen LogP) is 4.37. The highest BCUT2D eigenvalue weighted by Gasteiger charge is 2.28. The van der Waals surface area contributed by atoms with Crippen molar-refractivity contribution in [3.63, 3.8) is 0 Å². The molecule has 16 heavy (non-hydrogen) atoms. The average Bonchev–Trinajstić information content (AvgIpc) is 2.68. The summed E-state index contributed by atoms with van der Waals surface area (Å²) >= 11 is 1.79. The van der Waals surface area contributed by atoms with Gasteiger partial charge >= 0.3 is 0 Å². The van der Waals surface area contributed by atoms with Crippen molar-refractivity contribution in [2.45, 2.75) is 58.5 Å². The maximum absolute atomic E-state index is 3.78. The smallest absolute Gasteiger partial charge is 0.0302 e. The lowest BCUT2D eigenvalue weighted by Gasteiger charge is -2.37. The predicted molar refractivity (Wildman–Crippen MR) is 71.9 cm³/mol. The third-order valence-electron chi connectivity index (χ3n) is 3.73. The minimum Gasteiger partial charge on any atom is -0.307 e. The van der Waals surface area contributed by atoms with Gasteiger partial charge in [0.2, 0.25) is 0 Å². The fourth-order valence-corrected chi connectivity index (χ4v) is 3.57. The van der Waals surface area contributed by atoms with Gasteiger partial charge in [-0.2, -0.15) is 11.3 Å². The Hall–Kier alpha value is -0.340. The second kappa shape index (κ2) is 4.89. The molecule has 1 aromatic rings. The highest BCUT2D eigenvalue weighted by Crippen LogP contribution is 2.35. The maximum Gasteiger partial charge on any atom is 0.0302 e. The van der Waals surface area contributed by atoms with E-state index in [2.05, 4.69) is 42.9 Å². The van der Waals surface area contributed by atoms with E-state index in [1.165, 1.54) is 31.2 Å². The van der Waals surface area contributed by atoms with Gasteiger partial charge in [0, 0.05) is 12.1 Å². The van der Waals surface area contributed by atoms with Crippen molar-refractivity contribution in [3.05, 3.63) is 22.4 Å². The molecule has 1 aliphatic rings. The second-order valence-corrected chi connectivity index (χ2v) is 6.68. The molecule has 1 N–H and O–H groups in total. The van der Waals surface area contributed by atoms with Crippen LogP contribution in [0.2, 0.25) is 0 Å². The molecule has 1 aromatic heterocycles. The lowest BCUT2D eigenvalue weighted by Crippen LogP contribution is -2.38. The van der Waals surface area contributed by atoms with Crippen molar-refractivity contribution >= 4 is 11.3 Å². The molecule has 0 bridgehead atoms. The molecule has 1 saturated carbocycles. The summed E-state index contributed by atoms with van der Waals surface area (Å²) in [6, 6.07) is 3.44. The molecule has 1 nitrogen and oxygen atoms in total. The van der Waals surface area contributed by atoms with Gasteiger partial charge in [-0.1, -0.05) is 20.3 Å². The summed E-state index contributed by atoms with van der Waals surface area (Å²) in [6.07, 6.45) is 5.43. The molecular formula is C14H23NS.